The second-order valence-electron chi connectivity index (χ2n) is 4.89. The number of nitrogens with zero attached hydrogens (tertiary/aromatic N) is 6. The smallest absolute Gasteiger partial charge is 0.235 e. The Morgan fingerprint density at radius 1 is 1.33 bits per heavy atom. The van der Waals surface area contributed by atoms with Crippen LogP contribution < -0.4 is 5.32 Å². The predicted octanol–water partition coefficient (Wildman–Crippen LogP) is 1.84. The molecule has 0 spiro atoms. The lowest BCUT2D eigenvalue weighted by molar-refractivity contribution is -0.113. The Kier molecular flexibility index (Phi) is 5.11. The molecule has 3 rings (SSSR count). The van der Waals surface area contributed by atoms with Crippen LogP contribution in [0, 0.1) is 0 Å². The van der Waals surface area contributed by atoms with Gasteiger partial charge in [-0.2, -0.15) is 5.10 Å². The number of hydrogen-bond donors (Lipinski definition) is 1. The van der Waals surface area contributed by atoms with Crippen molar-refractivity contribution in [2.75, 3.05) is 11.1 Å². The van der Waals surface area contributed by atoms with E-state index in [1.807, 2.05) is 24.3 Å². The Labute approximate surface area is 147 Å². The van der Waals surface area contributed by atoms with Gasteiger partial charge in [0.1, 0.15) is 5.82 Å². The third-order valence-electron chi connectivity index (χ3n) is 3.18. The molecule has 0 saturated carbocycles. The van der Waals surface area contributed by atoms with Gasteiger partial charge in [0, 0.05) is 18.1 Å². The molecule has 0 aliphatic carbocycles. The van der Waals surface area contributed by atoms with E-state index in [4.69, 9.17) is 11.6 Å². The van der Waals surface area contributed by atoms with Crippen LogP contribution >= 0.6 is 23.4 Å². The van der Waals surface area contributed by atoms with E-state index in [0.717, 1.165) is 5.56 Å². The number of aryl methyl sites for hydroxylation is 1. The van der Waals surface area contributed by atoms with Crippen LogP contribution in [0.1, 0.15) is 5.56 Å². The summed E-state index contributed by atoms with van der Waals surface area (Å²) < 4.78 is 3.20. The first kappa shape index (κ1) is 16.5. The standard InChI is InChI=1S/C14H14ClN7OS/c1-21-14(18-19-20-21)24-9-13(23)17-12-6-7-16-22(12)8-10-4-2-3-5-11(10)15/h2-7H,8-9H2,1H3,(H,17,23). The maximum Gasteiger partial charge on any atom is 0.235 e. The zero-order valence-corrected chi connectivity index (χ0v) is 14.3. The average molecular weight is 364 g/mol. The fourth-order valence-electron chi connectivity index (χ4n) is 2.01. The number of amides is 1. The third kappa shape index (κ3) is 3.92. The minimum atomic E-state index is -0.163. The molecule has 24 heavy (non-hydrogen) atoms. The monoisotopic (exact) mass is 363 g/mol. The SMILES string of the molecule is Cn1nnnc1SCC(=O)Nc1ccnn1Cc1ccccc1Cl. The van der Waals surface area contributed by atoms with Crippen molar-refractivity contribution in [3.63, 3.8) is 0 Å². The Balaban J connectivity index is 1.62. The van der Waals surface area contributed by atoms with Crippen molar-refractivity contribution in [1.82, 2.24) is 30.0 Å². The molecule has 0 atom stereocenters. The molecule has 8 nitrogen and oxygen atoms in total. The fraction of sp³-hybridized carbons (Fsp3) is 0.214. The lowest BCUT2D eigenvalue weighted by atomic mass is 10.2. The van der Waals surface area contributed by atoms with E-state index in [-0.39, 0.29) is 11.7 Å². The number of anilines is 1. The summed E-state index contributed by atoms with van der Waals surface area (Å²) in [6, 6.07) is 9.27. The van der Waals surface area contributed by atoms with Crippen LogP contribution in [0.5, 0.6) is 0 Å². The highest BCUT2D eigenvalue weighted by Crippen LogP contribution is 2.18. The summed E-state index contributed by atoms with van der Waals surface area (Å²) >= 11 is 7.43. The van der Waals surface area contributed by atoms with Crippen LogP contribution in [-0.2, 0) is 18.4 Å². The zero-order chi connectivity index (χ0) is 16.9. The van der Waals surface area contributed by atoms with Crippen molar-refractivity contribution in [2.24, 2.45) is 7.05 Å². The van der Waals surface area contributed by atoms with E-state index < -0.39 is 0 Å². The van der Waals surface area contributed by atoms with Gasteiger partial charge in [0.2, 0.25) is 11.1 Å². The first-order valence-corrected chi connectivity index (χ1v) is 8.40. The van der Waals surface area contributed by atoms with Gasteiger partial charge in [0.15, 0.2) is 0 Å². The maximum absolute atomic E-state index is 12.1. The van der Waals surface area contributed by atoms with Crippen molar-refractivity contribution >= 4 is 35.1 Å². The molecule has 2 heterocycles. The quantitative estimate of drug-likeness (QED) is 0.672. The lowest BCUT2D eigenvalue weighted by Gasteiger charge is -2.10. The molecule has 1 amide bonds. The largest absolute Gasteiger partial charge is 0.310 e. The van der Waals surface area contributed by atoms with Crippen LogP contribution in [0.15, 0.2) is 41.7 Å². The molecule has 0 saturated heterocycles. The van der Waals surface area contributed by atoms with Gasteiger partial charge < -0.3 is 5.32 Å². The van der Waals surface area contributed by atoms with E-state index in [1.54, 1.807) is 24.0 Å². The molecule has 0 aliphatic rings. The summed E-state index contributed by atoms with van der Waals surface area (Å²) in [4.78, 5) is 12.1. The van der Waals surface area contributed by atoms with Gasteiger partial charge in [-0.1, -0.05) is 41.6 Å². The summed E-state index contributed by atoms with van der Waals surface area (Å²) in [6.45, 7) is 0.475. The summed E-state index contributed by atoms with van der Waals surface area (Å²) in [6.07, 6.45) is 1.63. The molecular formula is C14H14ClN7OS. The van der Waals surface area contributed by atoms with Crippen LogP contribution in [0.3, 0.4) is 0 Å². The first-order chi connectivity index (χ1) is 11.6. The maximum atomic E-state index is 12.1. The van der Waals surface area contributed by atoms with Crippen LogP contribution in [0.4, 0.5) is 5.82 Å². The molecule has 0 fully saturated rings. The summed E-state index contributed by atoms with van der Waals surface area (Å²) in [5.74, 6) is 0.645. The zero-order valence-electron chi connectivity index (χ0n) is 12.8. The number of benzene rings is 1. The van der Waals surface area contributed by atoms with Crippen LogP contribution in [-0.4, -0.2) is 41.6 Å². The number of rotatable bonds is 6. The van der Waals surface area contributed by atoms with Crippen molar-refractivity contribution in [3.8, 4) is 0 Å². The molecule has 1 N–H and O–H groups in total. The first-order valence-electron chi connectivity index (χ1n) is 7.03. The predicted molar refractivity (Wildman–Crippen MR) is 90.9 cm³/mol. The highest BCUT2D eigenvalue weighted by molar-refractivity contribution is 7.99. The van der Waals surface area contributed by atoms with Gasteiger partial charge in [-0.25, -0.2) is 9.36 Å². The molecule has 10 heteroatoms. The number of carbonyl (C=O) groups is 1. The minimum absolute atomic E-state index is 0.163. The number of hydrogen-bond acceptors (Lipinski definition) is 6. The molecule has 0 unspecified atom stereocenters. The number of tetrazole rings is 1. The number of carbonyl (C=O) groups excluding carboxylic acids is 1. The molecule has 124 valence electrons. The van der Waals surface area contributed by atoms with E-state index >= 15 is 0 Å². The Hall–Kier alpha value is -2.39. The summed E-state index contributed by atoms with van der Waals surface area (Å²) in [5.41, 5.74) is 0.929. The minimum Gasteiger partial charge on any atom is -0.310 e. The molecule has 0 radical (unpaired) electrons. The van der Waals surface area contributed by atoms with Gasteiger partial charge in [-0.05, 0) is 22.1 Å². The van der Waals surface area contributed by atoms with Gasteiger partial charge >= 0.3 is 0 Å². The van der Waals surface area contributed by atoms with Crippen LogP contribution in [0.2, 0.25) is 5.02 Å². The van der Waals surface area contributed by atoms with Crippen molar-refractivity contribution < 1.29 is 4.79 Å². The van der Waals surface area contributed by atoms with E-state index in [2.05, 4.69) is 25.9 Å². The fourth-order valence-corrected chi connectivity index (χ4v) is 2.85. The highest BCUT2D eigenvalue weighted by atomic mass is 35.5. The van der Waals surface area contributed by atoms with E-state index in [1.165, 1.54) is 16.4 Å². The third-order valence-corrected chi connectivity index (χ3v) is 4.55. The van der Waals surface area contributed by atoms with Gasteiger partial charge in [-0.3, -0.25) is 4.79 Å². The number of halogens is 1. The van der Waals surface area contributed by atoms with Crippen molar-refractivity contribution in [2.45, 2.75) is 11.7 Å². The highest BCUT2D eigenvalue weighted by Gasteiger charge is 2.11. The van der Waals surface area contributed by atoms with Crippen LogP contribution in [0.25, 0.3) is 0 Å². The van der Waals surface area contributed by atoms with E-state index in [9.17, 15) is 4.79 Å². The molecule has 2 aromatic heterocycles. The molecule has 3 aromatic rings. The van der Waals surface area contributed by atoms with Crippen molar-refractivity contribution in [1.29, 1.82) is 0 Å². The van der Waals surface area contributed by atoms with Crippen molar-refractivity contribution in [3.05, 3.63) is 47.1 Å². The molecular weight excluding hydrogens is 350 g/mol. The second kappa shape index (κ2) is 7.45. The number of nitrogens with one attached hydrogen (secondary N) is 1. The van der Waals surface area contributed by atoms with E-state index in [0.29, 0.717) is 22.5 Å². The summed E-state index contributed by atoms with van der Waals surface area (Å²) in [7, 11) is 1.72. The molecule has 0 aliphatic heterocycles. The average Bonchev–Trinajstić information content (AvgIpc) is 3.17. The number of thioether (sulfide) groups is 1. The normalized spacial score (nSPS) is 10.8. The number of aromatic nitrogens is 6. The molecule has 0 bridgehead atoms. The van der Waals surface area contributed by atoms with Gasteiger partial charge in [0.05, 0.1) is 18.5 Å². The van der Waals surface area contributed by atoms with Gasteiger partial charge in [-0.15, -0.1) is 5.10 Å². The van der Waals surface area contributed by atoms with Gasteiger partial charge in [0.25, 0.3) is 0 Å². The molecule has 1 aromatic carbocycles. The topological polar surface area (TPSA) is 90.5 Å². The Morgan fingerprint density at radius 2 is 2.17 bits per heavy atom. The Bertz CT molecular complexity index is 847. The second-order valence-corrected chi connectivity index (χ2v) is 6.24. The summed E-state index contributed by atoms with van der Waals surface area (Å²) in [5, 5.41) is 19.4. The lowest BCUT2D eigenvalue weighted by Crippen LogP contribution is -2.18. The Morgan fingerprint density at radius 3 is 2.92 bits per heavy atom.